The van der Waals surface area contributed by atoms with Crippen molar-refractivity contribution in [3.05, 3.63) is 24.9 Å². The summed E-state index contributed by atoms with van der Waals surface area (Å²) in [6.07, 6.45) is 10.3. The van der Waals surface area contributed by atoms with Crippen LogP contribution in [0.25, 0.3) is 11.3 Å². The van der Waals surface area contributed by atoms with Crippen molar-refractivity contribution in [2.24, 2.45) is 7.05 Å². The fourth-order valence-electron chi connectivity index (χ4n) is 2.41. The molecule has 1 aliphatic rings. The number of aryl methyl sites for hydroxylation is 1. The molecule has 1 atom stereocenters. The summed E-state index contributed by atoms with van der Waals surface area (Å²) in [5, 5.41) is 7.71. The zero-order valence-electron chi connectivity index (χ0n) is 10.0. The quantitative estimate of drug-likeness (QED) is 0.858. The van der Waals surface area contributed by atoms with E-state index in [1.54, 1.807) is 0 Å². The first kappa shape index (κ1) is 10.5. The highest BCUT2D eigenvalue weighted by Crippen LogP contribution is 2.19. The number of aromatic nitrogens is 4. The maximum Gasteiger partial charge on any atom is 0.0951 e. The van der Waals surface area contributed by atoms with Crippen molar-refractivity contribution in [3.8, 4) is 11.3 Å². The van der Waals surface area contributed by atoms with Crippen molar-refractivity contribution in [3.63, 3.8) is 0 Å². The second-order valence-corrected chi connectivity index (χ2v) is 4.63. The minimum atomic E-state index is 0.583. The van der Waals surface area contributed by atoms with Gasteiger partial charge in [-0.15, -0.1) is 0 Å². The van der Waals surface area contributed by atoms with E-state index in [0.717, 1.165) is 24.3 Å². The van der Waals surface area contributed by atoms with Crippen LogP contribution in [0.1, 0.15) is 12.8 Å². The van der Waals surface area contributed by atoms with E-state index in [9.17, 15) is 0 Å². The van der Waals surface area contributed by atoms with Crippen LogP contribution in [0.15, 0.2) is 24.9 Å². The van der Waals surface area contributed by atoms with Gasteiger partial charge >= 0.3 is 0 Å². The Morgan fingerprint density at radius 2 is 2.41 bits per heavy atom. The van der Waals surface area contributed by atoms with E-state index in [-0.39, 0.29) is 0 Å². The van der Waals surface area contributed by atoms with Crippen LogP contribution < -0.4 is 5.32 Å². The average Bonchev–Trinajstić information content (AvgIpc) is 2.99. The Bertz CT molecular complexity index is 492. The molecule has 2 aromatic heterocycles. The number of nitrogens with zero attached hydrogens (tertiary/aromatic N) is 4. The molecule has 90 valence electrons. The highest BCUT2D eigenvalue weighted by atomic mass is 15.2. The van der Waals surface area contributed by atoms with Crippen LogP contribution in [0.5, 0.6) is 0 Å². The molecule has 3 rings (SSSR count). The van der Waals surface area contributed by atoms with Gasteiger partial charge in [0, 0.05) is 31.4 Å². The Balaban J connectivity index is 1.83. The van der Waals surface area contributed by atoms with Crippen molar-refractivity contribution in [1.29, 1.82) is 0 Å². The smallest absolute Gasteiger partial charge is 0.0951 e. The Morgan fingerprint density at radius 1 is 1.47 bits per heavy atom. The molecule has 0 saturated carbocycles. The van der Waals surface area contributed by atoms with E-state index < -0.39 is 0 Å². The van der Waals surface area contributed by atoms with Crippen molar-refractivity contribution < 1.29 is 0 Å². The molecule has 1 unspecified atom stereocenters. The van der Waals surface area contributed by atoms with Crippen molar-refractivity contribution >= 4 is 0 Å². The molecule has 0 spiro atoms. The van der Waals surface area contributed by atoms with Crippen LogP contribution in [-0.4, -0.2) is 31.9 Å². The van der Waals surface area contributed by atoms with Crippen LogP contribution in [0.4, 0.5) is 0 Å². The van der Waals surface area contributed by atoms with Crippen molar-refractivity contribution in [2.75, 3.05) is 6.54 Å². The molecular formula is C12H17N5. The van der Waals surface area contributed by atoms with Crippen LogP contribution in [0.2, 0.25) is 0 Å². The summed E-state index contributed by atoms with van der Waals surface area (Å²) in [5.41, 5.74) is 2.27. The molecule has 5 nitrogen and oxygen atoms in total. The predicted octanol–water partition coefficient (Wildman–Crippen LogP) is 1.04. The van der Waals surface area contributed by atoms with Crippen LogP contribution in [0.3, 0.4) is 0 Å². The first-order valence-electron chi connectivity index (χ1n) is 6.05. The molecule has 1 N–H and O–H groups in total. The number of nitrogens with one attached hydrogen (secondary N) is 1. The van der Waals surface area contributed by atoms with E-state index in [1.165, 1.54) is 12.8 Å². The van der Waals surface area contributed by atoms with Gasteiger partial charge in [-0.1, -0.05) is 0 Å². The molecule has 3 heterocycles. The van der Waals surface area contributed by atoms with Crippen LogP contribution in [0, 0.1) is 0 Å². The zero-order chi connectivity index (χ0) is 11.7. The normalized spacial score (nSPS) is 19.9. The second kappa shape index (κ2) is 4.33. The van der Waals surface area contributed by atoms with Gasteiger partial charge in [0.25, 0.3) is 0 Å². The van der Waals surface area contributed by atoms with Gasteiger partial charge in [0.15, 0.2) is 0 Å². The minimum absolute atomic E-state index is 0.583. The predicted molar refractivity (Wildman–Crippen MR) is 65.5 cm³/mol. The van der Waals surface area contributed by atoms with Gasteiger partial charge in [0.1, 0.15) is 0 Å². The number of rotatable bonds is 3. The zero-order valence-corrected chi connectivity index (χ0v) is 10.0. The largest absolute Gasteiger partial charge is 0.329 e. The standard InChI is InChI=1S/C12H17N5/c1-16-7-10(5-15-16)12-6-13-9-17(12)8-11-3-2-4-14-11/h5-7,9,11,14H,2-4,8H2,1H3. The average molecular weight is 231 g/mol. The topological polar surface area (TPSA) is 47.7 Å². The van der Waals surface area contributed by atoms with Gasteiger partial charge in [-0.3, -0.25) is 4.68 Å². The van der Waals surface area contributed by atoms with Gasteiger partial charge in [-0.05, 0) is 19.4 Å². The molecular weight excluding hydrogens is 214 g/mol. The van der Waals surface area contributed by atoms with E-state index in [2.05, 4.69) is 20.0 Å². The third-order valence-corrected chi connectivity index (χ3v) is 3.29. The first-order valence-corrected chi connectivity index (χ1v) is 6.05. The lowest BCUT2D eigenvalue weighted by molar-refractivity contribution is 0.512. The summed E-state index contributed by atoms with van der Waals surface area (Å²) in [5.74, 6) is 0. The van der Waals surface area contributed by atoms with E-state index in [1.807, 2.05) is 36.6 Å². The van der Waals surface area contributed by atoms with Gasteiger partial charge in [-0.25, -0.2) is 4.98 Å². The fraction of sp³-hybridized carbons (Fsp3) is 0.500. The third kappa shape index (κ3) is 2.10. The second-order valence-electron chi connectivity index (χ2n) is 4.63. The number of hydrogen-bond donors (Lipinski definition) is 1. The molecule has 17 heavy (non-hydrogen) atoms. The number of imidazole rings is 1. The monoisotopic (exact) mass is 231 g/mol. The lowest BCUT2D eigenvalue weighted by atomic mass is 10.2. The van der Waals surface area contributed by atoms with Gasteiger partial charge in [0.05, 0.1) is 24.4 Å². The molecule has 2 aromatic rings. The highest BCUT2D eigenvalue weighted by molar-refractivity contribution is 5.56. The molecule has 1 aliphatic heterocycles. The first-order chi connectivity index (χ1) is 8.33. The van der Waals surface area contributed by atoms with Crippen molar-refractivity contribution in [1.82, 2.24) is 24.6 Å². The SMILES string of the molecule is Cn1cc(-c2cncn2CC2CCCN2)cn1. The molecule has 0 aliphatic carbocycles. The van der Waals surface area contributed by atoms with E-state index in [4.69, 9.17) is 0 Å². The maximum absolute atomic E-state index is 4.25. The molecule has 1 saturated heterocycles. The Kier molecular flexibility index (Phi) is 2.68. The lowest BCUT2D eigenvalue weighted by Crippen LogP contribution is -2.26. The summed E-state index contributed by atoms with van der Waals surface area (Å²) >= 11 is 0. The molecule has 0 radical (unpaired) electrons. The Hall–Kier alpha value is -1.62. The van der Waals surface area contributed by atoms with Gasteiger partial charge in [-0.2, -0.15) is 5.10 Å². The summed E-state index contributed by atoms with van der Waals surface area (Å²) in [4.78, 5) is 4.25. The highest BCUT2D eigenvalue weighted by Gasteiger charge is 2.16. The van der Waals surface area contributed by atoms with Crippen LogP contribution >= 0.6 is 0 Å². The summed E-state index contributed by atoms with van der Waals surface area (Å²) in [6, 6.07) is 0.583. The summed E-state index contributed by atoms with van der Waals surface area (Å²) < 4.78 is 4.03. The Labute approximate surface area is 100 Å². The third-order valence-electron chi connectivity index (χ3n) is 3.29. The fourth-order valence-corrected chi connectivity index (χ4v) is 2.41. The van der Waals surface area contributed by atoms with E-state index in [0.29, 0.717) is 6.04 Å². The molecule has 0 amide bonds. The van der Waals surface area contributed by atoms with Crippen molar-refractivity contribution in [2.45, 2.75) is 25.4 Å². The van der Waals surface area contributed by atoms with Gasteiger partial charge in [0.2, 0.25) is 0 Å². The maximum atomic E-state index is 4.25. The number of hydrogen-bond acceptors (Lipinski definition) is 3. The summed E-state index contributed by atoms with van der Waals surface area (Å²) in [7, 11) is 1.93. The van der Waals surface area contributed by atoms with Crippen LogP contribution in [-0.2, 0) is 13.6 Å². The van der Waals surface area contributed by atoms with Gasteiger partial charge < -0.3 is 9.88 Å². The molecule has 0 bridgehead atoms. The molecule has 0 aromatic carbocycles. The van der Waals surface area contributed by atoms with E-state index >= 15 is 0 Å². The molecule has 1 fully saturated rings. The minimum Gasteiger partial charge on any atom is -0.329 e. The Morgan fingerprint density at radius 3 is 3.12 bits per heavy atom. The molecule has 5 heteroatoms. The lowest BCUT2D eigenvalue weighted by Gasteiger charge is -2.12. The summed E-state index contributed by atoms with van der Waals surface area (Å²) in [6.45, 7) is 2.13.